The van der Waals surface area contributed by atoms with E-state index >= 15 is 0 Å². The van der Waals surface area contributed by atoms with Gasteiger partial charge in [0.1, 0.15) is 5.76 Å². The van der Waals surface area contributed by atoms with Gasteiger partial charge in [0, 0.05) is 5.54 Å². The normalized spacial score (nSPS) is 13.2. The lowest BCUT2D eigenvalue weighted by molar-refractivity contribution is -0.00622. The predicted molar refractivity (Wildman–Crippen MR) is 63.2 cm³/mol. The molecule has 0 aliphatic carbocycles. The molecule has 0 aliphatic heterocycles. The number of aryl methyl sites for hydroxylation is 2. The second-order valence-electron chi connectivity index (χ2n) is 5.29. The Labute approximate surface area is 97.1 Å². The Morgan fingerprint density at radius 1 is 1.25 bits per heavy atom. The van der Waals surface area contributed by atoms with Crippen LogP contribution in [0.1, 0.15) is 45.0 Å². The first-order valence-electron chi connectivity index (χ1n) is 5.54. The van der Waals surface area contributed by atoms with Gasteiger partial charge in [-0.15, -0.1) is 0 Å². The van der Waals surface area contributed by atoms with Crippen LogP contribution >= 0.6 is 0 Å². The van der Waals surface area contributed by atoms with Crippen molar-refractivity contribution in [2.24, 2.45) is 0 Å². The molecule has 0 amide bonds. The molecule has 4 nitrogen and oxygen atoms in total. The summed E-state index contributed by atoms with van der Waals surface area (Å²) in [5.74, 6) is 1.50. The first-order chi connectivity index (χ1) is 7.13. The first-order valence-corrected chi connectivity index (χ1v) is 5.54. The van der Waals surface area contributed by atoms with Crippen molar-refractivity contribution in [2.75, 3.05) is 0 Å². The van der Waals surface area contributed by atoms with Crippen LogP contribution in [-0.4, -0.2) is 21.2 Å². The summed E-state index contributed by atoms with van der Waals surface area (Å²) in [4.78, 5) is 4.28. The Morgan fingerprint density at radius 2 is 1.81 bits per heavy atom. The van der Waals surface area contributed by atoms with Gasteiger partial charge in [0.25, 0.3) is 0 Å². The molecule has 1 aromatic heterocycles. The van der Waals surface area contributed by atoms with Gasteiger partial charge in [-0.3, -0.25) is 0 Å². The van der Waals surface area contributed by atoms with Gasteiger partial charge in [-0.25, -0.2) is 4.98 Å². The van der Waals surface area contributed by atoms with Crippen molar-refractivity contribution in [2.45, 2.75) is 59.2 Å². The summed E-state index contributed by atoms with van der Waals surface area (Å²) in [6.07, 6.45) is 0. The molecule has 4 heteroatoms. The van der Waals surface area contributed by atoms with E-state index in [1.807, 2.05) is 27.7 Å². The van der Waals surface area contributed by atoms with E-state index in [2.05, 4.69) is 10.3 Å². The largest absolute Gasteiger partial charge is 0.444 e. The average Bonchev–Trinajstić information content (AvgIpc) is 2.41. The summed E-state index contributed by atoms with van der Waals surface area (Å²) in [5.41, 5.74) is -0.287. The van der Waals surface area contributed by atoms with E-state index < -0.39 is 11.1 Å². The molecule has 0 saturated heterocycles. The number of rotatable bonds is 4. The van der Waals surface area contributed by atoms with Crippen molar-refractivity contribution in [3.05, 3.63) is 17.3 Å². The van der Waals surface area contributed by atoms with Gasteiger partial charge in [-0.1, -0.05) is 0 Å². The van der Waals surface area contributed by atoms with Crippen LogP contribution in [0.25, 0.3) is 0 Å². The first kappa shape index (κ1) is 13.2. The zero-order valence-electron chi connectivity index (χ0n) is 11.0. The van der Waals surface area contributed by atoms with Crippen LogP contribution in [0, 0.1) is 13.8 Å². The minimum Gasteiger partial charge on any atom is -0.444 e. The molecule has 1 aromatic rings. The fourth-order valence-electron chi connectivity index (χ4n) is 1.13. The highest BCUT2D eigenvalue weighted by Crippen LogP contribution is 2.21. The van der Waals surface area contributed by atoms with Crippen molar-refractivity contribution >= 4 is 0 Å². The summed E-state index contributed by atoms with van der Waals surface area (Å²) < 4.78 is 5.47. The standard InChI is InChI=1S/C12H22N2O2/c1-8-9(2)16-10(14-8)7-13-11(3,4)12(5,6)15/h13,15H,7H2,1-6H3. The second-order valence-corrected chi connectivity index (χ2v) is 5.29. The molecule has 0 bridgehead atoms. The Bertz CT molecular complexity index is 342. The number of hydrogen-bond acceptors (Lipinski definition) is 4. The lowest BCUT2D eigenvalue weighted by Gasteiger charge is -2.37. The molecule has 0 aliphatic rings. The summed E-state index contributed by atoms with van der Waals surface area (Å²) in [6, 6.07) is 0. The quantitative estimate of drug-likeness (QED) is 0.823. The third-order valence-corrected chi connectivity index (χ3v) is 3.28. The van der Waals surface area contributed by atoms with Crippen LogP contribution in [0.15, 0.2) is 4.42 Å². The van der Waals surface area contributed by atoms with E-state index in [0.29, 0.717) is 12.4 Å². The van der Waals surface area contributed by atoms with Crippen LogP contribution in [0.3, 0.4) is 0 Å². The Balaban J connectivity index is 2.65. The molecule has 16 heavy (non-hydrogen) atoms. The average molecular weight is 226 g/mol. The van der Waals surface area contributed by atoms with Gasteiger partial charge in [0.05, 0.1) is 17.8 Å². The summed E-state index contributed by atoms with van der Waals surface area (Å²) in [5, 5.41) is 13.2. The molecule has 0 atom stereocenters. The minimum absolute atomic E-state index is 0.400. The van der Waals surface area contributed by atoms with E-state index in [9.17, 15) is 5.11 Å². The van der Waals surface area contributed by atoms with Crippen LogP contribution in [0.4, 0.5) is 0 Å². The highest BCUT2D eigenvalue weighted by Gasteiger charge is 2.34. The van der Waals surface area contributed by atoms with Gasteiger partial charge in [0.15, 0.2) is 0 Å². The molecular weight excluding hydrogens is 204 g/mol. The second kappa shape index (κ2) is 4.18. The Morgan fingerprint density at radius 3 is 2.19 bits per heavy atom. The number of hydrogen-bond donors (Lipinski definition) is 2. The minimum atomic E-state index is -0.802. The topological polar surface area (TPSA) is 58.3 Å². The van der Waals surface area contributed by atoms with Gasteiger partial charge in [-0.2, -0.15) is 0 Å². The third-order valence-electron chi connectivity index (χ3n) is 3.28. The lowest BCUT2D eigenvalue weighted by atomic mass is 9.86. The maximum absolute atomic E-state index is 9.97. The van der Waals surface area contributed by atoms with E-state index in [1.165, 1.54) is 0 Å². The van der Waals surface area contributed by atoms with Crippen molar-refractivity contribution in [3.63, 3.8) is 0 Å². The zero-order valence-corrected chi connectivity index (χ0v) is 11.0. The van der Waals surface area contributed by atoms with Crippen LogP contribution < -0.4 is 5.32 Å². The van der Waals surface area contributed by atoms with E-state index in [-0.39, 0.29) is 0 Å². The summed E-state index contributed by atoms with van der Waals surface area (Å²) in [7, 11) is 0. The molecule has 92 valence electrons. The molecule has 0 fully saturated rings. The van der Waals surface area contributed by atoms with Gasteiger partial charge in [0.2, 0.25) is 5.89 Å². The van der Waals surface area contributed by atoms with Crippen LogP contribution in [-0.2, 0) is 6.54 Å². The number of aromatic nitrogens is 1. The van der Waals surface area contributed by atoms with Gasteiger partial charge in [-0.05, 0) is 41.5 Å². The van der Waals surface area contributed by atoms with Crippen molar-refractivity contribution in [1.29, 1.82) is 0 Å². The monoisotopic (exact) mass is 226 g/mol. The van der Waals surface area contributed by atoms with Crippen molar-refractivity contribution in [1.82, 2.24) is 10.3 Å². The number of aliphatic hydroxyl groups is 1. The molecule has 1 heterocycles. The smallest absolute Gasteiger partial charge is 0.208 e. The van der Waals surface area contributed by atoms with Crippen LogP contribution in [0.2, 0.25) is 0 Å². The highest BCUT2D eigenvalue weighted by molar-refractivity contribution is 5.05. The molecule has 1 rings (SSSR count). The van der Waals surface area contributed by atoms with Gasteiger partial charge >= 0.3 is 0 Å². The zero-order chi connectivity index (χ0) is 12.6. The number of nitrogens with zero attached hydrogens (tertiary/aromatic N) is 1. The predicted octanol–water partition coefficient (Wildman–Crippen LogP) is 1.93. The Hall–Kier alpha value is -0.870. The van der Waals surface area contributed by atoms with Crippen molar-refractivity contribution < 1.29 is 9.52 Å². The fraction of sp³-hybridized carbons (Fsp3) is 0.750. The van der Waals surface area contributed by atoms with E-state index in [1.54, 1.807) is 13.8 Å². The van der Waals surface area contributed by atoms with E-state index in [0.717, 1.165) is 11.5 Å². The molecule has 0 spiro atoms. The fourth-order valence-corrected chi connectivity index (χ4v) is 1.13. The maximum atomic E-state index is 9.97. The lowest BCUT2D eigenvalue weighted by Crippen LogP contribution is -2.55. The molecule has 0 aromatic carbocycles. The van der Waals surface area contributed by atoms with Gasteiger partial charge < -0.3 is 14.8 Å². The highest BCUT2D eigenvalue weighted by atomic mass is 16.4. The Kier molecular flexibility index (Phi) is 3.45. The maximum Gasteiger partial charge on any atom is 0.208 e. The molecule has 0 unspecified atom stereocenters. The SMILES string of the molecule is Cc1nc(CNC(C)(C)C(C)(C)O)oc1C. The van der Waals surface area contributed by atoms with Crippen LogP contribution in [0.5, 0.6) is 0 Å². The molecular formula is C12H22N2O2. The molecule has 0 saturated carbocycles. The van der Waals surface area contributed by atoms with Crippen molar-refractivity contribution in [3.8, 4) is 0 Å². The summed E-state index contributed by atoms with van der Waals surface area (Å²) in [6.45, 7) is 11.8. The molecule has 2 N–H and O–H groups in total. The number of nitrogens with one attached hydrogen (secondary N) is 1. The van der Waals surface area contributed by atoms with E-state index in [4.69, 9.17) is 4.42 Å². The third kappa shape index (κ3) is 2.83. The number of oxazole rings is 1. The molecule has 0 radical (unpaired) electrons. The summed E-state index contributed by atoms with van der Waals surface area (Å²) >= 11 is 0.